The maximum absolute atomic E-state index is 13.4. The van der Waals surface area contributed by atoms with Gasteiger partial charge in [-0.2, -0.15) is 5.10 Å². The van der Waals surface area contributed by atoms with Crippen molar-refractivity contribution in [2.75, 3.05) is 14.2 Å². The van der Waals surface area contributed by atoms with Gasteiger partial charge in [0.05, 0.1) is 36.9 Å². The molecule has 0 spiro atoms. The molecule has 1 N–H and O–H groups in total. The van der Waals surface area contributed by atoms with Crippen LogP contribution in [0, 0.1) is 5.82 Å². The number of hydrogen-bond acceptors (Lipinski definition) is 5. The minimum absolute atomic E-state index is 0.259. The number of amides is 1. The van der Waals surface area contributed by atoms with Gasteiger partial charge >= 0.3 is 0 Å². The van der Waals surface area contributed by atoms with E-state index in [2.05, 4.69) is 10.4 Å². The smallest absolute Gasteiger partial charge is 0.276 e. The van der Waals surface area contributed by atoms with Gasteiger partial charge in [-0.05, 0) is 61.0 Å². The zero-order valence-electron chi connectivity index (χ0n) is 18.3. The molecule has 0 unspecified atom stereocenters. The number of methoxy groups -OCH3 is 2. The Morgan fingerprint density at radius 3 is 2.39 bits per heavy atom. The molecule has 4 rings (SSSR count). The van der Waals surface area contributed by atoms with E-state index in [-0.39, 0.29) is 5.69 Å². The Kier molecular flexibility index (Phi) is 6.08. The highest BCUT2D eigenvalue weighted by atomic mass is 19.1. The van der Waals surface area contributed by atoms with Crippen LogP contribution in [0.15, 0.2) is 71.5 Å². The summed E-state index contributed by atoms with van der Waals surface area (Å²) in [5.41, 5.74) is 1.06. The van der Waals surface area contributed by atoms with Crippen LogP contribution in [0.3, 0.4) is 0 Å². The number of nitrogens with zero attached hydrogens (tertiary/aromatic N) is 2. The van der Waals surface area contributed by atoms with Gasteiger partial charge in [-0.3, -0.25) is 9.59 Å². The number of aromatic nitrogens is 2. The fourth-order valence-corrected chi connectivity index (χ4v) is 3.58. The molecule has 7 nitrogen and oxygen atoms in total. The highest BCUT2D eigenvalue weighted by Crippen LogP contribution is 2.30. The van der Waals surface area contributed by atoms with Gasteiger partial charge in [0, 0.05) is 0 Å². The van der Waals surface area contributed by atoms with E-state index in [0.29, 0.717) is 28.1 Å². The van der Waals surface area contributed by atoms with Crippen LogP contribution in [0.25, 0.3) is 16.6 Å². The van der Waals surface area contributed by atoms with Crippen molar-refractivity contribution in [1.82, 2.24) is 15.1 Å². The zero-order chi connectivity index (χ0) is 23.5. The number of nitrogens with one attached hydrogen (secondary N) is 1. The lowest BCUT2D eigenvalue weighted by molar-refractivity contribution is 0.0932. The molecule has 8 heteroatoms. The Bertz CT molecular complexity index is 1380. The van der Waals surface area contributed by atoms with Crippen molar-refractivity contribution in [2.24, 2.45) is 0 Å². The molecule has 33 heavy (non-hydrogen) atoms. The number of carbonyl (C=O) groups excluding carboxylic acids is 1. The Morgan fingerprint density at radius 1 is 1.00 bits per heavy atom. The molecule has 3 aromatic carbocycles. The van der Waals surface area contributed by atoms with Gasteiger partial charge in [-0.1, -0.05) is 18.2 Å². The summed E-state index contributed by atoms with van der Waals surface area (Å²) in [4.78, 5) is 26.2. The van der Waals surface area contributed by atoms with Crippen LogP contribution >= 0.6 is 0 Å². The lowest BCUT2D eigenvalue weighted by Gasteiger charge is -2.17. The van der Waals surface area contributed by atoms with E-state index in [0.717, 1.165) is 5.56 Å². The Labute approximate surface area is 189 Å². The number of para-hydroxylation sites is 1. The van der Waals surface area contributed by atoms with E-state index < -0.39 is 23.2 Å². The standard InChI is InChI=1S/C25H22FN3O4/c1-15(16-8-13-21(32-2)22(14-16)33-3)27-25(31)23-24(30)19-6-4-5-7-20(19)29(28-23)18-11-9-17(26)10-12-18/h4-15H,1-3H3,(H,27,31)/t15-/m1/s1. The molecule has 0 aliphatic carbocycles. The van der Waals surface area contributed by atoms with Crippen molar-refractivity contribution in [3.8, 4) is 17.2 Å². The number of halogens is 1. The van der Waals surface area contributed by atoms with Gasteiger partial charge in [0.15, 0.2) is 17.2 Å². The SMILES string of the molecule is COc1ccc([C@@H](C)NC(=O)c2nn(-c3ccc(F)cc3)c3ccccc3c2=O)cc1OC. The molecule has 1 heterocycles. The Balaban J connectivity index is 1.73. The van der Waals surface area contributed by atoms with Crippen LogP contribution in [0.5, 0.6) is 11.5 Å². The van der Waals surface area contributed by atoms with Crippen molar-refractivity contribution in [1.29, 1.82) is 0 Å². The summed E-state index contributed by atoms with van der Waals surface area (Å²) in [6.45, 7) is 1.79. The topological polar surface area (TPSA) is 82.5 Å². The molecule has 0 radical (unpaired) electrons. The van der Waals surface area contributed by atoms with E-state index in [1.165, 1.54) is 36.1 Å². The molecule has 1 aromatic heterocycles. The molecule has 0 aliphatic heterocycles. The van der Waals surface area contributed by atoms with Gasteiger partial charge in [-0.25, -0.2) is 9.07 Å². The molecule has 0 aliphatic rings. The van der Waals surface area contributed by atoms with E-state index in [1.54, 1.807) is 56.5 Å². The third-order valence-electron chi connectivity index (χ3n) is 5.33. The lowest BCUT2D eigenvalue weighted by atomic mass is 10.1. The van der Waals surface area contributed by atoms with Crippen molar-refractivity contribution in [3.63, 3.8) is 0 Å². The molecular formula is C25H22FN3O4. The average Bonchev–Trinajstić information content (AvgIpc) is 2.84. The van der Waals surface area contributed by atoms with Gasteiger partial charge in [0.25, 0.3) is 5.91 Å². The first-order valence-corrected chi connectivity index (χ1v) is 10.2. The van der Waals surface area contributed by atoms with E-state index in [1.807, 2.05) is 0 Å². The lowest BCUT2D eigenvalue weighted by Crippen LogP contribution is -2.33. The molecule has 1 amide bonds. The fourth-order valence-electron chi connectivity index (χ4n) is 3.58. The summed E-state index contributed by atoms with van der Waals surface area (Å²) in [7, 11) is 3.07. The Hall–Kier alpha value is -4.20. The molecule has 0 bridgehead atoms. The van der Waals surface area contributed by atoms with Crippen molar-refractivity contribution >= 4 is 16.8 Å². The summed E-state index contributed by atoms with van der Waals surface area (Å²) in [6.07, 6.45) is 0. The van der Waals surface area contributed by atoms with Crippen LogP contribution in [0.1, 0.15) is 29.0 Å². The summed E-state index contributed by atoms with van der Waals surface area (Å²) < 4.78 is 25.5. The van der Waals surface area contributed by atoms with E-state index in [4.69, 9.17) is 9.47 Å². The predicted octanol–water partition coefficient (Wildman–Crippen LogP) is 4.03. The van der Waals surface area contributed by atoms with Crippen LogP contribution in [0.4, 0.5) is 4.39 Å². The first-order chi connectivity index (χ1) is 15.9. The second-order valence-corrected chi connectivity index (χ2v) is 7.39. The Morgan fingerprint density at radius 2 is 1.70 bits per heavy atom. The van der Waals surface area contributed by atoms with Gasteiger partial charge < -0.3 is 14.8 Å². The summed E-state index contributed by atoms with van der Waals surface area (Å²) >= 11 is 0. The largest absolute Gasteiger partial charge is 0.493 e. The molecule has 0 saturated heterocycles. The van der Waals surface area contributed by atoms with Gasteiger partial charge in [-0.15, -0.1) is 0 Å². The van der Waals surface area contributed by atoms with Crippen molar-refractivity contribution in [2.45, 2.75) is 13.0 Å². The number of carbonyl (C=O) groups is 1. The molecule has 0 saturated carbocycles. The number of benzene rings is 3. The third-order valence-corrected chi connectivity index (χ3v) is 5.33. The van der Waals surface area contributed by atoms with Crippen LogP contribution < -0.4 is 20.2 Å². The zero-order valence-corrected chi connectivity index (χ0v) is 18.3. The maximum atomic E-state index is 13.4. The predicted molar refractivity (Wildman–Crippen MR) is 123 cm³/mol. The number of ether oxygens (including phenoxy) is 2. The average molecular weight is 447 g/mol. The summed E-state index contributed by atoms with van der Waals surface area (Å²) in [6, 6.07) is 17.4. The van der Waals surface area contributed by atoms with Crippen LogP contribution in [0.2, 0.25) is 0 Å². The first-order valence-electron chi connectivity index (χ1n) is 10.2. The van der Waals surface area contributed by atoms with Crippen LogP contribution in [-0.2, 0) is 0 Å². The minimum Gasteiger partial charge on any atom is -0.493 e. The van der Waals surface area contributed by atoms with Gasteiger partial charge in [0.1, 0.15) is 5.82 Å². The second-order valence-electron chi connectivity index (χ2n) is 7.39. The first kappa shape index (κ1) is 22.0. The summed E-state index contributed by atoms with van der Waals surface area (Å²) in [5, 5.41) is 7.49. The molecule has 4 aromatic rings. The molecular weight excluding hydrogens is 425 g/mol. The van der Waals surface area contributed by atoms with E-state index in [9.17, 15) is 14.0 Å². The quantitative estimate of drug-likeness (QED) is 0.483. The van der Waals surface area contributed by atoms with Gasteiger partial charge in [0.2, 0.25) is 5.43 Å². The third kappa shape index (κ3) is 4.27. The highest BCUT2D eigenvalue weighted by molar-refractivity contribution is 5.95. The number of rotatable bonds is 6. The molecule has 0 fully saturated rings. The number of fused-ring (bicyclic) bond motifs is 1. The molecule has 1 atom stereocenters. The van der Waals surface area contributed by atoms with Crippen molar-refractivity contribution in [3.05, 3.63) is 94.0 Å². The maximum Gasteiger partial charge on any atom is 0.276 e. The summed E-state index contributed by atoms with van der Waals surface area (Å²) in [5.74, 6) is 0.0754. The molecule has 168 valence electrons. The van der Waals surface area contributed by atoms with E-state index >= 15 is 0 Å². The number of hydrogen-bond donors (Lipinski definition) is 1. The fraction of sp³-hybridized carbons (Fsp3) is 0.160. The second kappa shape index (κ2) is 9.12. The van der Waals surface area contributed by atoms with Crippen molar-refractivity contribution < 1.29 is 18.7 Å². The minimum atomic E-state index is -0.621. The van der Waals surface area contributed by atoms with Crippen LogP contribution in [-0.4, -0.2) is 29.9 Å². The normalized spacial score (nSPS) is 11.8. The monoisotopic (exact) mass is 447 g/mol. The highest BCUT2D eigenvalue weighted by Gasteiger charge is 2.21.